The number of likely N-dealkylation sites (N-methyl/N-ethyl adjacent to an activating group) is 1. The van der Waals surface area contributed by atoms with Crippen LogP contribution in [0.2, 0.25) is 0 Å². The van der Waals surface area contributed by atoms with Gasteiger partial charge < -0.3 is 9.80 Å². The highest BCUT2D eigenvalue weighted by molar-refractivity contribution is 5.96. The first-order chi connectivity index (χ1) is 9.65. The molecule has 0 aliphatic carbocycles. The van der Waals surface area contributed by atoms with Gasteiger partial charge >= 0.3 is 0 Å². The van der Waals surface area contributed by atoms with Crippen LogP contribution < -0.4 is 9.80 Å². The molecule has 2 rings (SSSR count). The van der Waals surface area contributed by atoms with Gasteiger partial charge in [-0.2, -0.15) is 0 Å². The minimum Gasteiger partial charge on any atom is -0.358 e. The third kappa shape index (κ3) is 3.37. The van der Waals surface area contributed by atoms with Crippen LogP contribution in [0.5, 0.6) is 0 Å². The lowest BCUT2D eigenvalue weighted by molar-refractivity contribution is -0.898. The number of quaternary nitrogens is 1. The fourth-order valence-electron chi connectivity index (χ4n) is 2.73. The molecule has 1 aromatic carbocycles. The number of carbonyl (C=O) groups excluding carboxylic acids is 1. The molecule has 110 valence electrons. The highest BCUT2D eigenvalue weighted by Crippen LogP contribution is 2.21. The SMILES string of the molecule is CCCC(=O)c1ccc(N2CC[NH+](CC)CC2)c(F)c1. The molecule has 0 bridgehead atoms. The number of Topliss-reactive ketones (excluding diaryl/α,β-unsaturated/α-hetero) is 1. The number of piperazine rings is 1. The summed E-state index contributed by atoms with van der Waals surface area (Å²) in [5.41, 5.74) is 1.12. The van der Waals surface area contributed by atoms with Crippen molar-refractivity contribution in [3.8, 4) is 0 Å². The molecular weight excluding hydrogens is 255 g/mol. The summed E-state index contributed by atoms with van der Waals surface area (Å²) in [7, 11) is 0. The molecule has 3 nitrogen and oxygen atoms in total. The van der Waals surface area contributed by atoms with Gasteiger partial charge in [-0.1, -0.05) is 6.92 Å². The van der Waals surface area contributed by atoms with Crippen molar-refractivity contribution < 1.29 is 14.1 Å². The molecule has 0 saturated carbocycles. The minimum absolute atomic E-state index is 0.0261. The Bertz CT molecular complexity index is 468. The van der Waals surface area contributed by atoms with Crippen LogP contribution in [-0.4, -0.2) is 38.5 Å². The van der Waals surface area contributed by atoms with Gasteiger partial charge in [0.15, 0.2) is 5.78 Å². The fourth-order valence-corrected chi connectivity index (χ4v) is 2.73. The Morgan fingerprint density at radius 1 is 1.30 bits per heavy atom. The predicted molar refractivity (Wildman–Crippen MR) is 79.1 cm³/mol. The maximum Gasteiger partial charge on any atom is 0.162 e. The van der Waals surface area contributed by atoms with E-state index in [0.717, 1.165) is 39.1 Å². The van der Waals surface area contributed by atoms with Gasteiger partial charge in [-0.3, -0.25) is 4.79 Å². The molecule has 1 heterocycles. The Morgan fingerprint density at radius 3 is 2.55 bits per heavy atom. The van der Waals surface area contributed by atoms with Gasteiger partial charge in [-0.15, -0.1) is 0 Å². The van der Waals surface area contributed by atoms with Crippen molar-refractivity contribution in [2.75, 3.05) is 37.6 Å². The van der Waals surface area contributed by atoms with E-state index in [1.54, 1.807) is 17.0 Å². The summed E-state index contributed by atoms with van der Waals surface area (Å²) >= 11 is 0. The van der Waals surface area contributed by atoms with Crippen LogP contribution >= 0.6 is 0 Å². The Labute approximate surface area is 120 Å². The number of nitrogens with one attached hydrogen (secondary N) is 1. The molecule has 0 atom stereocenters. The fraction of sp³-hybridized carbons (Fsp3) is 0.562. The summed E-state index contributed by atoms with van der Waals surface area (Å²) in [6, 6.07) is 4.91. The van der Waals surface area contributed by atoms with Gasteiger partial charge in [-0.05, 0) is 31.5 Å². The van der Waals surface area contributed by atoms with Gasteiger partial charge in [0.25, 0.3) is 0 Å². The molecule has 0 amide bonds. The summed E-state index contributed by atoms with van der Waals surface area (Å²) in [6.45, 7) is 9.11. The van der Waals surface area contributed by atoms with Crippen LogP contribution in [0.4, 0.5) is 10.1 Å². The summed E-state index contributed by atoms with van der Waals surface area (Å²) in [4.78, 5) is 15.4. The highest BCUT2D eigenvalue weighted by atomic mass is 19.1. The quantitative estimate of drug-likeness (QED) is 0.827. The van der Waals surface area contributed by atoms with Crippen molar-refractivity contribution in [2.45, 2.75) is 26.7 Å². The molecule has 1 saturated heterocycles. The maximum atomic E-state index is 14.2. The predicted octanol–water partition coefficient (Wildman–Crippen LogP) is 1.53. The standard InChI is InChI=1S/C16H23FN2O/c1-3-5-16(20)13-6-7-15(14(17)12-13)19-10-8-18(4-2)9-11-19/h6-7,12H,3-5,8-11H2,1-2H3/p+1. The van der Waals surface area contributed by atoms with Crippen LogP contribution in [0.15, 0.2) is 18.2 Å². The second kappa shape index (κ2) is 6.84. The first-order valence-corrected chi connectivity index (χ1v) is 7.57. The molecule has 1 fully saturated rings. The second-order valence-electron chi connectivity index (χ2n) is 5.43. The average Bonchev–Trinajstić information content (AvgIpc) is 2.47. The number of hydrogen-bond acceptors (Lipinski definition) is 2. The molecule has 1 N–H and O–H groups in total. The lowest BCUT2D eigenvalue weighted by Gasteiger charge is -2.33. The van der Waals surface area contributed by atoms with E-state index in [1.165, 1.54) is 6.07 Å². The molecule has 20 heavy (non-hydrogen) atoms. The van der Waals surface area contributed by atoms with Crippen LogP contribution in [0.25, 0.3) is 0 Å². The second-order valence-corrected chi connectivity index (χ2v) is 5.43. The highest BCUT2D eigenvalue weighted by Gasteiger charge is 2.21. The van der Waals surface area contributed by atoms with Crippen molar-refractivity contribution in [1.82, 2.24) is 0 Å². The molecule has 0 unspecified atom stereocenters. The molecule has 0 radical (unpaired) electrons. The zero-order chi connectivity index (χ0) is 14.5. The van der Waals surface area contributed by atoms with Crippen LogP contribution in [0.1, 0.15) is 37.0 Å². The largest absolute Gasteiger partial charge is 0.358 e. The zero-order valence-electron chi connectivity index (χ0n) is 12.4. The lowest BCUT2D eigenvalue weighted by atomic mass is 10.1. The van der Waals surface area contributed by atoms with Crippen LogP contribution in [-0.2, 0) is 0 Å². The van der Waals surface area contributed by atoms with Crippen molar-refractivity contribution in [1.29, 1.82) is 0 Å². The van der Waals surface area contributed by atoms with E-state index < -0.39 is 0 Å². The first kappa shape index (κ1) is 15.0. The molecular formula is C16H24FN2O+. The van der Waals surface area contributed by atoms with E-state index >= 15 is 0 Å². The molecule has 0 spiro atoms. The van der Waals surface area contributed by atoms with Gasteiger partial charge in [-0.25, -0.2) is 4.39 Å². The Morgan fingerprint density at radius 2 is 2.00 bits per heavy atom. The molecule has 4 heteroatoms. The summed E-state index contributed by atoms with van der Waals surface area (Å²) in [5.74, 6) is -0.245. The number of carbonyl (C=O) groups is 1. The Kier molecular flexibility index (Phi) is 5.12. The lowest BCUT2D eigenvalue weighted by Crippen LogP contribution is -3.14. The normalized spacial score (nSPS) is 16.4. The van der Waals surface area contributed by atoms with E-state index in [1.807, 2.05) is 6.92 Å². The first-order valence-electron chi connectivity index (χ1n) is 7.57. The topological polar surface area (TPSA) is 24.8 Å². The van der Waals surface area contributed by atoms with Crippen LogP contribution in [0.3, 0.4) is 0 Å². The molecule has 1 aliphatic heterocycles. The van der Waals surface area contributed by atoms with E-state index in [0.29, 0.717) is 17.7 Å². The van der Waals surface area contributed by atoms with Gasteiger partial charge in [0.05, 0.1) is 38.4 Å². The number of hydrogen-bond donors (Lipinski definition) is 1. The summed E-state index contributed by atoms with van der Waals surface area (Å²) in [6.07, 6.45) is 1.28. The molecule has 1 aliphatic rings. The van der Waals surface area contributed by atoms with E-state index in [2.05, 4.69) is 11.8 Å². The van der Waals surface area contributed by atoms with Crippen LogP contribution in [0, 0.1) is 5.82 Å². The number of halogens is 1. The third-order valence-electron chi connectivity index (χ3n) is 4.06. The van der Waals surface area contributed by atoms with Crippen molar-refractivity contribution in [3.05, 3.63) is 29.6 Å². The molecule has 1 aromatic rings. The van der Waals surface area contributed by atoms with E-state index in [9.17, 15) is 9.18 Å². The van der Waals surface area contributed by atoms with E-state index in [-0.39, 0.29) is 11.6 Å². The number of ketones is 1. The van der Waals surface area contributed by atoms with Crippen molar-refractivity contribution in [3.63, 3.8) is 0 Å². The van der Waals surface area contributed by atoms with Gasteiger partial charge in [0.1, 0.15) is 5.82 Å². The Hall–Kier alpha value is -1.42. The van der Waals surface area contributed by atoms with Crippen molar-refractivity contribution >= 4 is 11.5 Å². The number of benzene rings is 1. The Balaban J connectivity index is 2.08. The zero-order valence-corrected chi connectivity index (χ0v) is 12.4. The third-order valence-corrected chi connectivity index (χ3v) is 4.06. The van der Waals surface area contributed by atoms with Gasteiger partial charge in [0.2, 0.25) is 0 Å². The average molecular weight is 279 g/mol. The van der Waals surface area contributed by atoms with Gasteiger partial charge in [0, 0.05) is 12.0 Å². The summed E-state index contributed by atoms with van der Waals surface area (Å²) in [5, 5.41) is 0. The van der Waals surface area contributed by atoms with E-state index in [4.69, 9.17) is 0 Å². The monoisotopic (exact) mass is 279 g/mol. The number of nitrogens with zero attached hydrogens (tertiary/aromatic N) is 1. The number of rotatable bonds is 5. The smallest absolute Gasteiger partial charge is 0.162 e. The van der Waals surface area contributed by atoms with Crippen molar-refractivity contribution in [2.24, 2.45) is 0 Å². The molecule has 0 aromatic heterocycles. The maximum absolute atomic E-state index is 14.2. The number of anilines is 1. The minimum atomic E-state index is -0.271. The summed E-state index contributed by atoms with van der Waals surface area (Å²) < 4.78 is 14.2.